The molecule has 2 N–H and O–H groups in total. The van der Waals surface area contributed by atoms with E-state index in [1.807, 2.05) is 0 Å². The van der Waals surface area contributed by atoms with Gasteiger partial charge in [-0.3, -0.25) is 0 Å². The highest BCUT2D eigenvalue weighted by molar-refractivity contribution is 5.85. The van der Waals surface area contributed by atoms with Gasteiger partial charge in [0.15, 0.2) is 0 Å². The van der Waals surface area contributed by atoms with Crippen LogP contribution in [0.1, 0.15) is 46.0 Å². The molecule has 2 fully saturated rings. The van der Waals surface area contributed by atoms with Crippen molar-refractivity contribution in [3.05, 3.63) is 0 Å². The zero-order valence-electron chi connectivity index (χ0n) is 9.21. The minimum Gasteiger partial charge on any atom is -0.375 e. The Bertz CT molecular complexity index is 197. The molecular weight excluding hydrogens is 198 g/mol. The molecule has 2 aliphatic rings. The average molecular weight is 220 g/mol. The van der Waals surface area contributed by atoms with Crippen LogP contribution in [0.5, 0.6) is 0 Å². The van der Waals surface area contributed by atoms with E-state index in [1.165, 1.54) is 32.1 Å². The van der Waals surface area contributed by atoms with Gasteiger partial charge >= 0.3 is 0 Å². The SMILES string of the molecule is CC1(C)CC2(CCC(N)CC2)CO1.Cl. The summed E-state index contributed by atoms with van der Waals surface area (Å²) in [6.07, 6.45) is 6.17. The largest absolute Gasteiger partial charge is 0.375 e. The van der Waals surface area contributed by atoms with Gasteiger partial charge in [0.25, 0.3) is 0 Å². The Morgan fingerprint density at radius 2 is 1.79 bits per heavy atom. The molecule has 0 atom stereocenters. The van der Waals surface area contributed by atoms with Gasteiger partial charge < -0.3 is 10.5 Å². The van der Waals surface area contributed by atoms with E-state index >= 15 is 0 Å². The Hall–Kier alpha value is 0.210. The van der Waals surface area contributed by atoms with E-state index < -0.39 is 0 Å². The average Bonchev–Trinajstić information content (AvgIpc) is 2.35. The normalized spacial score (nSPS) is 40.9. The van der Waals surface area contributed by atoms with Crippen LogP contribution in [0, 0.1) is 5.41 Å². The van der Waals surface area contributed by atoms with Gasteiger partial charge in [0.1, 0.15) is 0 Å². The minimum absolute atomic E-state index is 0. The lowest BCUT2D eigenvalue weighted by atomic mass is 9.70. The Morgan fingerprint density at radius 3 is 2.21 bits per heavy atom. The quantitative estimate of drug-likeness (QED) is 0.680. The fourth-order valence-electron chi connectivity index (χ4n) is 2.93. The molecule has 84 valence electrons. The molecule has 2 rings (SSSR count). The standard InChI is InChI=1S/C11H21NO.ClH/c1-10(2)7-11(8-13-10)5-3-9(12)4-6-11;/h9H,3-8,12H2,1-2H3;1H. The smallest absolute Gasteiger partial charge is 0.0632 e. The molecule has 1 saturated carbocycles. The highest BCUT2D eigenvalue weighted by atomic mass is 35.5. The van der Waals surface area contributed by atoms with Gasteiger partial charge in [-0.05, 0) is 51.4 Å². The van der Waals surface area contributed by atoms with E-state index in [9.17, 15) is 0 Å². The molecule has 14 heavy (non-hydrogen) atoms. The van der Waals surface area contributed by atoms with Gasteiger partial charge in [-0.2, -0.15) is 0 Å². The van der Waals surface area contributed by atoms with Crippen LogP contribution in [0.25, 0.3) is 0 Å². The zero-order valence-corrected chi connectivity index (χ0v) is 10.0. The van der Waals surface area contributed by atoms with Crippen LogP contribution < -0.4 is 5.73 Å². The second-order valence-electron chi connectivity index (χ2n) is 5.56. The summed E-state index contributed by atoms with van der Waals surface area (Å²) in [5.74, 6) is 0. The summed E-state index contributed by atoms with van der Waals surface area (Å²) in [6, 6.07) is 0.453. The number of ether oxygens (including phenoxy) is 1. The molecule has 1 spiro atoms. The van der Waals surface area contributed by atoms with Crippen molar-refractivity contribution in [1.29, 1.82) is 0 Å². The summed E-state index contributed by atoms with van der Waals surface area (Å²) >= 11 is 0. The van der Waals surface area contributed by atoms with Gasteiger partial charge in [-0.25, -0.2) is 0 Å². The van der Waals surface area contributed by atoms with E-state index in [-0.39, 0.29) is 18.0 Å². The fourth-order valence-corrected chi connectivity index (χ4v) is 2.93. The molecule has 0 aromatic heterocycles. The summed E-state index contributed by atoms with van der Waals surface area (Å²) in [6.45, 7) is 5.37. The van der Waals surface area contributed by atoms with E-state index in [0.29, 0.717) is 11.5 Å². The molecule has 1 aliphatic heterocycles. The maximum atomic E-state index is 5.91. The number of rotatable bonds is 0. The lowest BCUT2D eigenvalue weighted by Crippen LogP contribution is -2.34. The third-order valence-corrected chi connectivity index (χ3v) is 3.66. The van der Waals surface area contributed by atoms with Crippen molar-refractivity contribution in [1.82, 2.24) is 0 Å². The first-order valence-electron chi connectivity index (χ1n) is 5.41. The van der Waals surface area contributed by atoms with Gasteiger partial charge in [0.05, 0.1) is 12.2 Å². The van der Waals surface area contributed by atoms with Gasteiger partial charge in [0.2, 0.25) is 0 Å². The molecule has 1 heterocycles. The number of nitrogens with two attached hydrogens (primary N) is 1. The molecular formula is C11H22ClNO. The van der Waals surface area contributed by atoms with Crippen molar-refractivity contribution in [3.63, 3.8) is 0 Å². The predicted octanol–water partition coefficient (Wildman–Crippen LogP) is 2.49. The summed E-state index contributed by atoms with van der Waals surface area (Å²) in [7, 11) is 0. The van der Waals surface area contributed by atoms with Crippen molar-refractivity contribution < 1.29 is 4.74 Å². The first kappa shape index (κ1) is 12.3. The first-order valence-corrected chi connectivity index (χ1v) is 5.41. The van der Waals surface area contributed by atoms with Crippen LogP contribution in [0.2, 0.25) is 0 Å². The van der Waals surface area contributed by atoms with Gasteiger partial charge in [0, 0.05) is 6.04 Å². The van der Waals surface area contributed by atoms with Crippen molar-refractivity contribution in [2.24, 2.45) is 11.1 Å². The third-order valence-electron chi connectivity index (χ3n) is 3.66. The van der Waals surface area contributed by atoms with Crippen LogP contribution in [-0.4, -0.2) is 18.2 Å². The Balaban J connectivity index is 0.000000980. The maximum Gasteiger partial charge on any atom is 0.0632 e. The van der Waals surface area contributed by atoms with Gasteiger partial charge in [-0.15, -0.1) is 12.4 Å². The van der Waals surface area contributed by atoms with Crippen LogP contribution in [0.15, 0.2) is 0 Å². The highest BCUT2D eigenvalue weighted by Crippen LogP contribution is 2.48. The van der Waals surface area contributed by atoms with Crippen LogP contribution >= 0.6 is 12.4 Å². The molecule has 0 bridgehead atoms. The number of hydrogen-bond donors (Lipinski definition) is 1. The lowest BCUT2D eigenvalue weighted by Gasteiger charge is -2.35. The first-order chi connectivity index (χ1) is 6.02. The van der Waals surface area contributed by atoms with Gasteiger partial charge in [-0.1, -0.05) is 0 Å². The fraction of sp³-hybridized carbons (Fsp3) is 1.00. The molecule has 2 nitrogen and oxygen atoms in total. The minimum atomic E-state index is 0. The third kappa shape index (κ3) is 2.41. The van der Waals surface area contributed by atoms with E-state index in [2.05, 4.69) is 13.8 Å². The summed E-state index contributed by atoms with van der Waals surface area (Å²) in [5, 5.41) is 0. The molecule has 3 heteroatoms. The van der Waals surface area contributed by atoms with Crippen LogP contribution in [0.4, 0.5) is 0 Å². The van der Waals surface area contributed by atoms with Crippen molar-refractivity contribution in [2.75, 3.05) is 6.61 Å². The lowest BCUT2D eigenvalue weighted by molar-refractivity contribution is 0.0281. The molecule has 0 unspecified atom stereocenters. The second-order valence-corrected chi connectivity index (χ2v) is 5.56. The van der Waals surface area contributed by atoms with Crippen molar-refractivity contribution in [2.45, 2.75) is 57.6 Å². The number of halogens is 1. The van der Waals surface area contributed by atoms with E-state index in [1.54, 1.807) is 0 Å². The predicted molar refractivity (Wildman–Crippen MR) is 60.8 cm³/mol. The summed E-state index contributed by atoms with van der Waals surface area (Å²) in [4.78, 5) is 0. The Kier molecular flexibility index (Phi) is 3.50. The molecule has 0 amide bonds. The molecule has 0 radical (unpaired) electrons. The van der Waals surface area contributed by atoms with Crippen molar-refractivity contribution >= 4 is 12.4 Å². The highest BCUT2D eigenvalue weighted by Gasteiger charge is 2.45. The summed E-state index contributed by atoms with van der Waals surface area (Å²) in [5.41, 5.74) is 6.51. The molecule has 0 aromatic rings. The van der Waals surface area contributed by atoms with Crippen molar-refractivity contribution in [3.8, 4) is 0 Å². The zero-order chi connectivity index (χ0) is 9.53. The topological polar surface area (TPSA) is 35.2 Å². The number of hydrogen-bond acceptors (Lipinski definition) is 2. The monoisotopic (exact) mass is 219 g/mol. The van der Waals surface area contributed by atoms with Crippen LogP contribution in [0.3, 0.4) is 0 Å². The van der Waals surface area contributed by atoms with E-state index in [0.717, 1.165) is 6.61 Å². The van der Waals surface area contributed by atoms with E-state index in [4.69, 9.17) is 10.5 Å². The summed E-state index contributed by atoms with van der Waals surface area (Å²) < 4.78 is 5.83. The molecule has 1 saturated heterocycles. The molecule has 0 aromatic carbocycles. The molecule has 1 aliphatic carbocycles. The Morgan fingerprint density at radius 1 is 1.21 bits per heavy atom. The Labute approximate surface area is 93.0 Å². The van der Waals surface area contributed by atoms with Crippen LogP contribution in [-0.2, 0) is 4.74 Å². The second kappa shape index (κ2) is 3.99. The maximum absolute atomic E-state index is 5.91.